The second-order valence-electron chi connectivity index (χ2n) is 0. The molecule has 0 saturated heterocycles. The molecule has 0 aliphatic carbocycles. The van der Waals surface area contributed by atoms with Crippen LogP contribution < -0.4 is 0 Å². The summed E-state index contributed by atoms with van der Waals surface area (Å²) in [7, 11) is 0. The Balaban J connectivity index is 0. The summed E-state index contributed by atoms with van der Waals surface area (Å²) < 4.78 is 0. The van der Waals surface area contributed by atoms with Gasteiger partial charge in [-0.15, -0.1) is 0 Å². The molecule has 0 atom stereocenters. The predicted molar refractivity (Wildman–Crippen MR) is 0 cm³/mol. The fraction of sp³-hybridized carbons (Fsp3) is 0. The van der Waals surface area contributed by atoms with Crippen molar-refractivity contribution >= 4 is 0 Å². The van der Waals surface area contributed by atoms with Crippen molar-refractivity contribution in [2.24, 2.45) is 0 Å². The molecule has 0 fully saturated rings. The third-order valence-electron chi connectivity index (χ3n) is 0. The molecule has 0 spiro atoms. The zero-order valence-electron chi connectivity index (χ0n) is 1.66. The van der Waals surface area contributed by atoms with Crippen LogP contribution in [-0.4, -0.2) is 0 Å². The molecule has 4 heteroatoms. The first-order valence-electron chi connectivity index (χ1n) is 0. The van der Waals surface area contributed by atoms with Crippen molar-refractivity contribution in [3.63, 3.8) is 0 Å². The third kappa shape index (κ3) is 8.82. The largest absolute Gasteiger partial charge is 0 e. The number of rotatable bonds is 0. The average Bonchev–Trinajstić information content (AvgIpc) is 0. The predicted octanol–water partition coefficient (Wildman–Crippen LogP) is -0.0100. The summed E-state index contributed by atoms with van der Waals surface area (Å²) in [4.78, 5) is 0. The van der Waals surface area contributed by atoms with Crippen LogP contribution in [0.3, 0.4) is 0 Å². The Kier molecular flexibility index (Phi) is 144. The van der Waals surface area contributed by atoms with E-state index in [0.29, 0.717) is 0 Å². The molecule has 0 amide bonds. The smallest absolute Gasteiger partial charge is 0 e. The van der Waals surface area contributed by atoms with E-state index in [4.69, 9.17) is 0 Å². The molecule has 0 aliphatic heterocycles. The average molecular weight is 294 g/mol. The maximum atomic E-state index is 0. The minimum Gasteiger partial charge on any atom is 0 e. The van der Waals surface area contributed by atoms with E-state index in [0.717, 1.165) is 0 Å². The van der Waals surface area contributed by atoms with Gasteiger partial charge >= 0.3 is 0 Å². The van der Waals surface area contributed by atoms with Gasteiger partial charge in [0.25, 0.3) is 0 Å². The first-order chi connectivity index (χ1) is 0. The Morgan fingerprint density at radius 3 is 1.00 bits per heavy atom. The van der Waals surface area contributed by atoms with Crippen LogP contribution in [0.15, 0.2) is 0 Å². The van der Waals surface area contributed by atoms with E-state index >= 15 is 0 Å². The van der Waals surface area contributed by atoms with Gasteiger partial charge in [0.1, 0.15) is 0 Å². The quantitative estimate of drug-likeness (QED) is 0.551. The van der Waals surface area contributed by atoms with Crippen molar-refractivity contribution in [1.29, 1.82) is 0 Å². The van der Waals surface area contributed by atoms with Gasteiger partial charge in [-0.1, -0.05) is 0 Å². The Hall–Kier alpha value is 2.44. The van der Waals surface area contributed by atoms with E-state index in [2.05, 4.69) is 0 Å². The van der Waals surface area contributed by atoms with Crippen molar-refractivity contribution in [3.8, 4) is 0 Å². The molecule has 0 aliphatic rings. The van der Waals surface area contributed by atoms with Crippen LogP contribution in [0.25, 0.3) is 0 Å². The van der Waals surface area contributed by atoms with Gasteiger partial charge in [0.2, 0.25) is 0 Å². The molecule has 0 unspecified atom stereocenters. The maximum absolute atomic E-state index is 0. The number of hydrogen-bond donors (Lipinski definition) is 0. The summed E-state index contributed by atoms with van der Waals surface area (Å²) >= 11 is 0. The summed E-state index contributed by atoms with van der Waals surface area (Å²) in [5, 5.41) is 0. The minimum absolute atomic E-state index is 0. The van der Waals surface area contributed by atoms with E-state index in [1.807, 2.05) is 0 Å². The van der Waals surface area contributed by atoms with E-state index in [1.54, 1.807) is 0 Å². The molecule has 0 nitrogen and oxygen atoms in total. The zero-order chi connectivity index (χ0) is 0. The van der Waals surface area contributed by atoms with Crippen LogP contribution in [-0.2, 0) is 77.6 Å². The molecule has 0 aromatic heterocycles. The van der Waals surface area contributed by atoms with Crippen molar-refractivity contribution in [1.82, 2.24) is 0 Å². The van der Waals surface area contributed by atoms with Crippen molar-refractivity contribution in [3.05, 3.63) is 0 Å². The molecular formula is CdCoCuNi. The SMILES string of the molecule is [Cd].[Co].[Cu].[Ni]. The minimum atomic E-state index is 0. The molecule has 0 rings (SSSR count). The normalized spacial score (nSPS) is 0. The van der Waals surface area contributed by atoms with Gasteiger partial charge in [0.15, 0.2) is 0 Å². The molecule has 0 aromatic carbocycles. The summed E-state index contributed by atoms with van der Waals surface area (Å²) in [5.41, 5.74) is 0. The molecule has 0 saturated carbocycles. The van der Waals surface area contributed by atoms with Gasteiger partial charge in [-0.25, -0.2) is 0 Å². The molecule has 2 radical (unpaired) electrons. The first kappa shape index (κ1) is 32.0. The Labute approximate surface area is 76.6 Å². The van der Waals surface area contributed by atoms with Crippen molar-refractivity contribution < 1.29 is 77.6 Å². The Morgan fingerprint density at radius 2 is 1.00 bits per heavy atom. The Bertz CT molecular complexity index is 8.00. The van der Waals surface area contributed by atoms with Crippen LogP contribution in [0.4, 0.5) is 0 Å². The number of hydrogen-bond acceptors (Lipinski definition) is 0. The van der Waals surface area contributed by atoms with Gasteiger partial charge in [0.05, 0.1) is 0 Å². The Morgan fingerprint density at radius 1 is 1.00 bits per heavy atom. The summed E-state index contributed by atoms with van der Waals surface area (Å²) in [5.74, 6) is 0. The molecule has 0 heterocycles. The van der Waals surface area contributed by atoms with E-state index < -0.39 is 0 Å². The zero-order valence-corrected chi connectivity index (χ0v) is 8.66. The fourth-order valence-corrected chi connectivity index (χ4v) is 0. The van der Waals surface area contributed by atoms with E-state index in [-0.39, 0.29) is 77.6 Å². The summed E-state index contributed by atoms with van der Waals surface area (Å²) in [6, 6.07) is 0. The van der Waals surface area contributed by atoms with Crippen LogP contribution in [0.5, 0.6) is 0 Å². The van der Waals surface area contributed by atoms with Crippen LogP contribution >= 0.6 is 0 Å². The molecule has 32 valence electrons. The molecule has 0 bridgehead atoms. The van der Waals surface area contributed by atoms with Crippen molar-refractivity contribution in [2.75, 3.05) is 0 Å². The van der Waals surface area contributed by atoms with E-state index in [9.17, 15) is 0 Å². The first-order valence-corrected chi connectivity index (χ1v) is 0. The topological polar surface area (TPSA) is 0 Å². The fourth-order valence-electron chi connectivity index (χ4n) is 0. The standard InChI is InChI=1S/Cd.Co.Cu.Ni. The maximum Gasteiger partial charge on any atom is 0 e. The summed E-state index contributed by atoms with van der Waals surface area (Å²) in [6.07, 6.45) is 0. The van der Waals surface area contributed by atoms with Crippen LogP contribution in [0.1, 0.15) is 0 Å². The molecular weight excluding hydrogens is 294 g/mol. The van der Waals surface area contributed by atoms with Gasteiger partial charge in [-0.05, 0) is 0 Å². The van der Waals surface area contributed by atoms with Gasteiger partial charge in [0, 0.05) is 77.6 Å². The van der Waals surface area contributed by atoms with Gasteiger partial charge in [-0.3, -0.25) is 0 Å². The van der Waals surface area contributed by atoms with Gasteiger partial charge < -0.3 is 0 Å². The van der Waals surface area contributed by atoms with Gasteiger partial charge in [-0.2, -0.15) is 0 Å². The van der Waals surface area contributed by atoms with E-state index in [1.165, 1.54) is 0 Å². The van der Waals surface area contributed by atoms with Crippen LogP contribution in [0, 0.1) is 0 Å². The second kappa shape index (κ2) is 18.0. The second-order valence-corrected chi connectivity index (χ2v) is 0. The van der Waals surface area contributed by atoms with Crippen LogP contribution in [0.2, 0.25) is 0 Å². The molecule has 4 heavy (non-hydrogen) atoms. The van der Waals surface area contributed by atoms with Crippen molar-refractivity contribution in [2.45, 2.75) is 0 Å². The summed E-state index contributed by atoms with van der Waals surface area (Å²) in [6.45, 7) is 0. The monoisotopic (exact) mass is 294 g/mol. The third-order valence-corrected chi connectivity index (χ3v) is 0. The molecule has 0 N–H and O–H groups in total. The molecule has 0 aromatic rings.